The van der Waals surface area contributed by atoms with E-state index >= 15 is 0 Å². The van der Waals surface area contributed by atoms with Gasteiger partial charge < -0.3 is 15.2 Å². The van der Waals surface area contributed by atoms with Crippen LogP contribution >= 0.6 is 0 Å². The average molecular weight is 389 g/mol. The van der Waals surface area contributed by atoms with Crippen molar-refractivity contribution in [2.24, 2.45) is 0 Å². The highest BCUT2D eigenvalue weighted by molar-refractivity contribution is 5.92. The van der Waals surface area contributed by atoms with Crippen LogP contribution in [0.2, 0.25) is 0 Å². The fraction of sp³-hybridized carbons (Fsp3) is 0.167. The van der Waals surface area contributed by atoms with Crippen LogP contribution in [-0.2, 0) is 16.0 Å². The molecule has 0 fully saturated rings. The molecule has 0 aliphatic heterocycles. The van der Waals surface area contributed by atoms with Crippen LogP contribution in [0.15, 0.2) is 72.8 Å². The van der Waals surface area contributed by atoms with Crippen molar-refractivity contribution in [1.82, 2.24) is 0 Å². The molecule has 0 aliphatic carbocycles. The van der Waals surface area contributed by atoms with Crippen molar-refractivity contribution in [3.63, 3.8) is 0 Å². The maximum absolute atomic E-state index is 12.3. The van der Waals surface area contributed by atoms with Crippen molar-refractivity contribution in [3.05, 3.63) is 95.1 Å². The number of benzene rings is 3. The Bertz CT molecular complexity index is 977. The van der Waals surface area contributed by atoms with Crippen LogP contribution in [0, 0.1) is 13.8 Å². The first-order valence-electron chi connectivity index (χ1n) is 9.32. The summed E-state index contributed by atoms with van der Waals surface area (Å²) in [5.74, 6) is -0.746. The summed E-state index contributed by atoms with van der Waals surface area (Å²) in [6.45, 7) is 3.97. The molecule has 1 amide bonds. The number of anilines is 1. The molecule has 0 saturated carbocycles. The monoisotopic (exact) mass is 389 g/mol. The maximum atomic E-state index is 12.3. The Morgan fingerprint density at radius 3 is 2.14 bits per heavy atom. The lowest BCUT2D eigenvalue weighted by molar-refractivity contribution is -0.145. The van der Waals surface area contributed by atoms with Gasteiger partial charge in [-0.25, -0.2) is 4.79 Å². The van der Waals surface area contributed by atoms with Gasteiger partial charge in [-0.1, -0.05) is 48.5 Å². The number of carboxylic acids is 1. The van der Waals surface area contributed by atoms with E-state index in [-0.39, 0.29) is 12.3 Å². The zero-order valence-corrected chi connectivity index (χ0v) is 16.4. The van der Waals surface area contributed by atoms with Crippen LogP contribution in [0.25, 0.3) is 0 Å². The molecule has 0 spiro atoms. The normalized spacial score (nSPS) is 11.5. The topological polar surface area (TPSA) is 75.6 Å². The third-order valence-corrected chi connectivity index (χ3v) is 4.37. The lowest BCUT2D eigenvalue weighted by Crippen LogP contribution is -2.18. The number of aryl methyl sites for hydroxylation is 2. The van der Waals surface area contributed by atoms with Crippen molar-refractivity contribution in [2.45, 2.75) is 26.4 Å². The Balaban J connectivity index is 1.63. The SMILES string of the molecule is Cc1cc(C)cc(NC(=O)Cc2ccc(OC(C(=O)O)c3ccccc3)cc2)c1. The molecule has 0 aromatic heterocycles. The van der Waals surface area contributed by atoms with E-state index in [1.165, 1.54) is 0 Å². The van der Waals surface area contributed by atoms with E-state index in [2.05, 4.69) is 5.32 Å². The largest absolute Gasteiger partial charge is 0.478 e. The number of hydrogen-bond donors (Lipinski definition) is 2. The minimum absolute atomic E-state index is 0.114. The molecule has 29 heavy (non-hydrogen) atoms. The predicted octanol–water partition coefficient (Wildman–Crippen LogP) is 4.69. The van der Waals surface area contributed by atoms with Gasteiger partial charge >= 0.3 is 5.97 Å². The van der Waals surface area contributed by atoms with Gasteiger partial charge in [-0.3, -0.25) is 4.79 Å². The van der Waals surface area contributed by atoms with E-state index < -0.39 is 12.1 Å². The summed E-state index contributed by atoms with van der Waals surface area (Å²) in [6, 6.07) is 21.6. The summed E-state index contributed by atoms with van der Waals surface area (Å²) in [7, 11) is 0. The Hall–Kier alpha value is -3.60. The van der Waals surface area contributed by atoms with Crippen molar-refractivity contribution in [2.75, 3.05) is 5.32 Å². The van der Waals surface area contributed by atoms with Gasteiger partial charge in [0.15, 0.2) is 0 Å². The number of hydrogen-bond acceptors (Lipinski definition) is 3. The van der Waals surface area contributed by atoms with E-state index in [1.807, 2.05) is 38.1 Å². The van der Waals surface area contributed by atoms with Gasteiger partial charge in [-0.05, 0) is 54.8 Å². The van der Waals surface area contributed by atoms with Crippen LogP contribution < -0.4 is 10.1 Å². The van der Waals surface area contributed by atoms with Gasteiger partial charge in [-0.2, -0.15) is 0 Å². The van der Waals surface area contributed by atoms with E-state index in [9.17, 15) is 14.7 Å². The molecule has 2 N–H and O–H groups in total. The molecular weight excluding hydrogens is 366 g/mol. The lowest BCUT2D eigenvalue weighted by atomic mass is 10.1. The molecule has 148 valence electrons. The molecular formula is C24H23NO4. The zero-order chi connectivity index (χ0) is 20.8. The van der Waals surface area contributed by atoms with Crippen molar-refractivity contribution in [1.29, 1.82) is 0 Å². The molecule has 0 saturated heterocycles. The summed E-state index contributed by atoms with van der Waals surface area (Å²) in [5, 5.41) is 12.4. The van der Waals surface area contributed by atoms with E-state index in [0.717, 1.165) is 22.4 Å². The first kappa shape index (κ1) is 20.1. The highest BCUT2D eigenvalue weighted by atomic mass is 16.5. The predicted molar refractivity (Wildman–Crippen MR) is 112 cm³/mol. The Labute approximate surface area is 170 Å². The number of ether oxygens (including phenoxy) is 1. The van der Waals surface area contributed by atoms with Crippen LogP contribution in [0.4, 0.5) is 5.69 Å². The third kappa shape index (κ3) is 5.69. The second kappa shape index (κ2) is 9.06. The van der Waals surface area contributed by atoms with Gasteiger partial charge in [0.25, 0.3) is 0 Å². The first-order chi connectivity index (χ1) is 13.9. The minimum Gasteiger partial charge on any atom is -0.478 e. The van der Waals surface area contributed by atoms with Gasteiger partial charge in [-0.15, -0.1) is 0 Å². The third-order valence-electron chi connectivity index (χ3n) is 4.37. The van der Waals surface area contributed by atoms with Crippen molar-refractivity contribution >= 4 is 17.6 Å². The molecule has 5 heteroatoms. The number of amides is 1. The quantitative estimate of drug-likeness (QED) is 0.615. The molecule has 0 heterocycles. The van der Waals surface area contributed by atoms with Crippen LogP contribution in [0.3, 0.4) is 0 Å². The number of carbonyl (C=O) groups excluding carboxylic acids is 1. The summed E-state index contributed by atoms with van der Waals surface area (Å²) >= 11 is 0. The number of carbonyl (C=O) groups is 2. The summed E-state index contributed by atoms with van der Waals surface area (Å²) in [6.07, 6.45) is -0.871. The zero-order valence-electron chi connectivity index (χ0n) is 16.4. The molecule has 1 atom stereocenters. The molecule has 3 aromatic carbocycles. The standard InChI is InChI=1S/C24H23NO4/c1-16-12-17(2)14-20(13-16)25-22(26)15-18-8-10-21(11-9-18)29-23(24(27)28)19-6-4-3-5-7-19/h3-14,23H,15H2,1-2H3,(H,25,26)(H,27,28). The van der Waals surface area contributed by atoms with E-state index in [4.69, 9.17) is 4.74 Å². The number of aliphatic carboxylic acids is 1. The Morgan fingerprint density at radius 1 is 0.931 bits per heavy atom. The molecule has 5 nitrogen and oxygen atoms in total. The van der Waals surface area contributed by atoms with E-state index in [0.29, 0.717) is 11.3 Å². The van der Waals surface area contributed by atoms with Crippen LogP contribution in [0.1, 0.15) is 28.4 Å². The summed E-state index contributed by atoms with van der Waals surface area (Å²) < 4.78 is 5.64. The molecule has 1 unspecified atom stereocenters. The van der Waals surface area contributed by atoms with Crippen LogP contribution in [-0.4, -0.2) is 17.0 Å². The summed E-state index contributed by atoms with van der Waals surface area (Å²) in [4.78, 5) is 23.9. The number of rotatable bonds is 7. The Kier molecular flexibility index (Phi) is 6.29. The maximum Gasteiger partial charge on any atom is 0.349 e. The van der Waals surface area contributed by atoms with Gasteiger partial charge in [0.05, 0.1) is 6.42 Å². The smallest absolute Gasteiger partial charge is 0.349 e. The molecule has 0 radical (unpaired) electrons. The second-order valence-electron chi connectivity index (χ2n) is 6.99. The van der Waals surface area contributed by atoms with Gasteiger partial charge in [0, 0.05) is 11.3 Å². The molecule has 0 aliphatic rings. The van der Waals surface area contributed by atoms with E-state index in [1.54, 1.807) is 48.5 Å². The fourth-order valence-electron chi connectivity index (χ4n) is 3.15. The highest BCUT2D eigenvalue weighted by Crippen LogP contribution is 2.23. The average Bonchev–Trinajstić information content (AvgIpc) is 2.67. The first-order valence-corrected chi connectivity index (χ1v) is 9.32. The van der Waals surface area contributed by atoms with Gasteiger partial charge in [0.1, 0.15) is 5.75 Å². The molecule has 0 bridgehead atoms. The summed E-state index contributed by atoms with van der Waals surface area (Å²) in [5.41, 5.74) is 4.34. The minimum atomic E-state index is -1.09. The number of nitrogens with one attached hydrogen (secondary N) is 1. The lowest BCUT2D eigenvalue weighted by Gasteiger charge is -2.15. The molecule has 3 aromatic rings. The number of carboxylic acid groups (broad SMARTS) is 1. The fourth-order valence-corrected chi connectivity index (χ4v) is 3.15. The Morgan fingerprint density at radius 2 is 1.55 bits per heavy atom. The van der Waals surface area contributed by atoms with Gasteiger partial charge in [0.2, 0.25) is 12.0 Å². The molecule has 3 rings (SSSR count). The highest BCUT2D eigenvalue weighted by Gasteiger charge is 2.21. The van der Waals surface area contributed by atoms with Crippen LogP contribution in [0.5, 0.6) is 5.75 Å². The second-order valence-corrected chi connectivity index (χ2v) is 6.99. The van der Waals surface area contributed by atoms with Crippen molar-refractivity contribution < 1.29 is 19.4 Å². The van der Waals surface area contributed by atoms with Crippen molar-refractivity contribution in [3.8, 4) is 5.75 Å².